The van der Waals surface area contributed by atoms with Gasteiger partial charge in [-0.05, 0) is 6.92 Å². The number of halogens is 4. The Hall–Kier alpha value is 1.16. The summed E-state index contributed by atoms with van der Waals surface area (Å²) in [6.45, 7) is 1.69. The third kappa shape index (κ3) is 2.63. The maximum absolute atomic E-state index is 5.66. The number of hydrogen-bond donors (Lipinski definition) is 0. The SMILES string of the molecule is C[C@](Cl)(CCl)C(Cl)Cl. The van der Waals surface area contributed by atoms with Crippen LogP contribution in [-0.4, -0.2) is 15.6 Å². The van der Waals surface area contributed by atoms with Crippen molar-refractivity contribution in [3.63, 3.8) is 0 Å². The lowest BCUT2D eigenvalue weighted by atomic mass is 10.2. The Morgan fingerprint density at radius 1 is 1.50 bits per heavy atom. The van der Waals surface area contributed by atoms with Crippen LogP contribution < -0.4 is 0 Å². The second-order valence-corrected chi connectivity index (χ2v) is 3.94. The quantitative estimate of drug-likeness (QED) is 0.595. The zero-order chi connectivity index (χ0) is 6.78. The van der Waals surface area contributed by atoms with Crippen LogP contribution in [0.5, 0.6) is 0 Å². The summed E-state index contributed by atoms with van der Waals surface area (Å²) in [6, 6.07) is 0. The molecule has 0 bridgehead atoms. The van der Waals surface area contributed by atoms with Gasteiger partial charge in [0, 0.05) is 5.88 Å². The van der Waals surface area contributed by atoms with Crippen molar-refractivity contribution in [1.29, 1.82) is 0 Å². The van der Waals surface area contributed by atoms with Gasteiger partial charge in [0.2, 0.25) is 0 Å². The van der Waals surface area contributed by atoms with Gasteiger partial charge in [-0.1, -0.05) is 0 Å². The first-order valence-electron chi connectivity index (χ1n) is 2.03. The molecule has 0 heterocycles. The third-order valence-electron chi connectivity index (χ3n) is 0.716. The molecule has 0 nitrogen and oxygen atoms in total. The molecule has 4 heteroatoms. The van der Waals surface area contributed by atoms with Gasteiger partial charge in [-0.25, -0.2) is 0 Å². The second-order valence-electron chi connectivity index (χ2n) is 1.71. The van der Waals surface area contributed by atoms with Crippen molar-refractivity contribution in [2.24, 2.45) is 0 Å². The van der Waals surface area contributed by atoms with Crippen molar-refractivity contribution in [3.8, 4) is 0 Å². The first kappa shape index (κ1) is 9.16. The molecule has 0 aromatic carbocycles. The Labute approximate surface area is 69.0 Å². The molecular formula is C4H6Cl4. The van der Waals surface area contributed by atoms with E-state index < -0.39 is 9.71 Å². The van der Waals surface area contributed by atoms with Crippen LogP contribution in [0.4, 0.5) is 0 Å². The molecule has 0 rings (SSSR count). The normalized spacial score (nSPS) is 18.8. The number of rotatable bonds is 2. The van der Waals surface area contributed by atoms with Crippen molar-refractivity contribution in [2.75, 3.05) is 5.88 Å². The lowest BCUT2D eigenvalue weighted by Gasteiger charge is -2.18. The summed E-state index contributed by atoms with van der Waals surface area (Å²) in [5, 5.41) is 0. The van der Waals surface area contributed by atoms with Gasteiger partial charge >= 0.3 is 0 Å². The van der Waals surface area contributed by atoms with Gasteiger partial charge in [-0.3, -0.25) is 0 Å². The zero-order valence-electron chi connectivity index (χ0n) is 4.30. The molecule has 50 valence electrons. The average molecular weight is 196 g/mol. The Bertz CT molecular complexity index is 68.4. The van der Waals surface area contributed by atoms with E-state index in [1.807, 2.05) is 0 Å². The van der Waals surface area contributed by atoms with Crippen molar-refractivity contribution in [3.05, 3.63) is 0 Å². The summed E-state index contributed by atoms with van der Waals surface area (Å²) in [6.07, 6.45) is 0. The van der Waals surface area contributed by atoms with Gasteiger partial charge in [0.1, 0.15) is 4.84 Å². The molecule has 0 aromatic heterocycles. The van der Waals surface area contributed by atoms with Gasteiger partial charge in [0.25, 0.3) is 0 Å². The van der Waals surface area contributed by atoms with Gasteiger partial charge < -0.3 is 0 Å². The van der Waals surface area contributed by atoms with Crippen molar-refractivity contribution < 1.29 is 0 Å². The molecule has 0 aliphatic carbocycles. The lowest BCUT2D eigenvalue weighted by molar-refractivity contribution is 0.766. The zero-order valence-corrected chi connectivity index (χ0v) is 7.32. The van der Waals surface area contributed by atoms with Crippen LogP contribution in [0.2, 0.25) is 0 Å². The van der Waals surface area contributed by atoms with E-state index in [-0.39, 0.29) is 5.88 Å². The van der Waals surface area contributed by atoms with E-state index in [1.54, 1.807) is 6.92 Å². The highest BCUT2D eigenvalue weighted by atomic mass is 35.5. The van der Waals surface area contributed by atoms with Crippen LogP contribution in [0.15, 0.2) is 0 Å². The molecule has 0 saturated carbocycles. The highest BCUT2D eigenvalue weighted by molar-refractivity contribution is 6.50. The van der Waals surface area contributed by atoms with Gasteiger partial charge in [-0.15, -0.1) is 46.4 Å². The molecule has 0 aromatic rings. The van der Waals surface area contributed by atoms with Crippen LogP contribution in [0.1, 0.15) is 6.92 Å². The largest absolute Gasteiger partial charge is 0.127 e. The molecule has 8 heavy (non-hydrogen) atoms. The minimum Gasteiger partial charge on any atom is -0.125 e. The van der Waals surface area contributed by atoms with Crippen molar-refractivity contribution >= 4 is 46.4 Å². The van der Waals surface area contributed by atoms with E-state index >= 15 is 0 Å². The molecule has 0 radical (unpaired) electrons. The first-order valence-corrected chi connectivity index (χ1v) is 3.82. The summed E-state index contributed by atoms with van der Waals surface area (Å²) < 4.78 is 0. The van der Waals surface area contributed by atoms with Crippen LogP contribution in [0.25, 0.3) is 0 Å². The predicted molar refractivity (Wildman–Crippen MR) is 40.5 cm³/mol. The van der Waals surface area contributed by atoms with Gasteiger partial charge in [0.05, 0.1) is 4.87 Å². The second kappa shape index (κ2) is 3.36. The minimum atomic E-state index is -0.690. The number of alkyl halides is 4. The van der Waals surface area contributed by atoms with Crippen LogP contribution in [0.3, 0.4) is 0 Å². The van der Waals surface area contributed by atoms with E-state index in [9.17, 15) is 0 Å². The monoisotopic (exact) mass is 194 g/mol. The van der Waals surface area contributed by atoms with Gasteiger partial charge in [0.15, 0.2) is 0 Å². The topological polar surface area (TPSA) is 0 Å². The maximum Gasteiger partial charge on any atom is 0.127 e. The number of hydrogen-bond acceptors (Lipinski definition) is 0. The molecule has 0 aliphatic rings. The lowest BCUT2D eigenvalue weighted by Crippen LogP contribution is -2.26. The van der Waals surface area contributed by atoms with E-state index in [1.165, 1.54) is 0 Å². The molecule has 1 atom stereocenters. The van der Waals surface area contributed by atoms with E-state index in [0.29, 0.717) is 0 Å². The summed E-state index contributed by atoms with van der Waals surface area (Å²) in [7, 11) is 0. The minimum absolute atomic E-state index is 0.256. The summed E-state index contributed by atoms with van der Waals surface area (Å²) in [5.41, 5.74) is 0. The highest BCUT2D eigenvalue weighted by Crippen LogP contribution is 2.27. The molecule has 0 N–H and O–H groups in total. The Balaban J connectivity index is 3.71. The fourth-order valence-electron chi connectivity index (χ4n) is 0.0583. The van der Waals surface area contributed by atoms with E-state index in [0.717, 1.165) is 0 Å². The first-order chi connectivity index (χ1) is 3.50. The highest BCUT2D eigenvalue weighted by Gasteiger charge is 2.27. The Kier molecular flexibility index (Phi) is 3.85. The Morgan fingerprint density at radius 3 is 1.88 bits per heavy atom. The Morgan fingerprint density at radius 2 is 1.88 bits per heavy atom. The standard InChI is InChI=1S/C4H6Cl4/c1-4(8,2-5)3(6)7/h3H,2H2,1H3/t4-/m0/s1. The average Bonchev–Trinajstić information content (AvgIpc) is 1.67. The van der Waals surface area contributed by atoms with E-state index in [2.05, 4.69) is 0 Å². The molecule has 0 aliphatic heterocycles. The fourth-order valence-corrected chi connectivity index (χ4v) is 0.525. The molecule has 0 fully saturated rings. The predicted octanol–water partition coefficient (Wildman–Crippen LogP) is 3.03. The smallest absolute Gasteiger partial charge is 0.125 e. The van der Waals surface area contributed by atoms with E-state index in [4.69, 9.17) is 46.4 Å². The third-order valence-corrected chi connectivity index (χ3v) is 2.95. The summed E-state index contributed by atoms with van der Waals surface area (Å²) >= 11 is 21.9. The van der Waals surface area contributed by atoms with Crippen molar-refractivity contribution in [2.45, 2.75) is 16.6 Å². The van der Waals surface area contributed by atoms with Crippen LogP contribution in [0, 0.1) is 0 Å². The summed E-state index contributed by atoms with van der Waals surface area (Å²) in [4.78, 5) is -1.30. The van der Waals surface area contributed by atoms with Gasteiger partial charge in [-0.2, -0.15) is 0 Å². The molecular weight excluding hydrogens is 190 g/mol. The molecule has 0 amide bonds. The molecule has 0 saturated heterocycles. The molecule has 0 spiro atoms. The maximum atomic E-state index is 5.66. The van der Waals surface area contributed by atoms with Crippen LogP contribution >= 0.6 is 46.4 Å². The van der Waals surface area contributed by atoms with Crippen molar-refractivity contribution in [1.82, 2.24) is 0 Å². The molecule has 0 unspecified atom stereocenters. The summed E-state index contributed by atoms with van der Waals surface area (Å²) in [5.74, 6) is 0.256. The fraction of sp³-hybridized carbons (Fsp3) is 1.00. The van der Waals surface area contributed by atoms with Crippen LogP contribution in [-0.2, 0) is 0 Å².